The number of carboxylic acids is 1. The molecule has 0 saturated carbocycles. The Labute approximate surface area is 119 Å². The molecule has 7 nitrogen and oxygen atoms in total. The lowest BCUT2D eigenvalue weighted by molar-refractivity contribution is -0.0960. The predicted molar refractivity (Wildman–Crippen MR) is 66.3 cm³/mol. The van der Waals surface area contributed by atoms with Crippen LogP contribution in [0.5, 0.6) is 0 Å². The number of carbonyl (C=O) groups is 1. The highest BCUT2D eigenvalue weighted by Crippen LogP contribution is 2.21. The number of aromatic carboxylic acids is 1. The van der Waals surface area contributed by atoms with Crippen LogP contribution in [0.4, 0.5) is 8.78 Å². The molecular formula is C11H13F2NO6S. The minimum absolute atomic E-state index is 0.339. The highest BCUT2D eigenvalue weighted by atomic mass is 32.2. The summed E-state index contributed by atoms with van der Waals surface area (Å²) in [4.78, 5) is 9.77. The molecule has 0 atom stereocenters. The van der Waals surface area contributed by atoms with Crippen molar-refractivity contribution >= 4 is 16.0 Å². The third-order valence-electron chi connectivity index (χ3n) is 2.52. The predicted octanol–water partition coefficient (Wildman–Crippen LogP) is 0.560. The smallest absolute Gasteiger partial charge is 0.341 e. The molecule has 0 radical (unpaired) electrons. The van der Waals surface area contributed by atoms with Crippen molar-refractivity contribution < 1.29 is 36.6 Å². The van der Waals surface area contributed by atoms with E-state index in [1.165, 1.54) is 14.2 Å². The highest BCUT2D eigenvalue weighted by molar-refractivity contribution is 7.89. The lowest BCUT2D eigenvalue weighted by Gasteiger charge is -2.15. The van der Waals surface area contributed by atoms with Gasteiger partial charge in [-0.25, -0.2) is 26.7 Å². The molecule has 0 fully saturated rings. The summed E-state index contributed by atoms with van der Waals surface area (Å²) in [6.45, 7) is -0.339. The van der Waals surface area contributed by atoms with Gasteiger partial charge in [-0.15, -0.1) is 0 Å². The van der Waals surface area contributed by atoms with E-state index in [2.05, 4.69) is 0 Å². The summed E-state index contributed by atoms with van der Waals surface area (Å²) in [5.74, 6) is -4.96. The molecule has 0 saturated heterocycles. The lowest BCUT2D eigenvalue weighted by atomic mass is 10.2. The molecule has 0 aliphatic carbocycles. The minimum Gasteiger partial charge on any atom is -0.477 e. The molecule has 0 unspecified atom stereocenters. The molecule has 0 aromatic heterocycles. The van der Waals surface area contributed by atoms with Crippen LogP contribution in [0.3, 0.4) is 0 Å². The Balaban J connectivity index is 3.15. The van der Waals surface area contributed by atoms with Gasteiger partial charge >= 0.3 is 5.97 Å². The topological polar surface area (TPSA) is 102 Å². The molecule has 0 aliphatic heterocycles. The van der Waals surface area contributed by atoms with E-state index >= 15 is 0 Å². The Morgan fingerprint density at radius 1 is 1.33 bits per heavy atom. The van der Waals surface area contributed by atoms with Crippen molar-refractivity contribution in [1.82, 2.24) is 4.72 Å². The van der Waals surface area contributed by atoms with Crippen LogP contribution in [0.15, 0.2) is 17.0 Å². The van der Waals surface area contributed by atoms with Gasteiger partial charge in [0.05, 0.1) is 6.54 Å². The van der Waals surface area contributed by atoms with E-state index in [0.717, 1.165) is 0 Å². The summed E-state index contributed by atoms with van der Waals surface area (Å²) in [5.41, 5.74) is -1.34. The molecule has 0 heterocycles. The van der Waals surface area contributed by atoms with Crippen LogP contribution in [0.25, 0.3) is 0 Å². The maximum absolute atomic E-state index is 13.9. The van der Waals surface area contributed by atoms with E-state index in [9.17, 15) is 22.0 Å². The Kier molecular flexibility index (Phi) is 5.72. The fourth-order valence-corrected chi connectivity index (χ4v) is 2.55. The van der Waals surface area contributed by atoms with E-state index in [1.54, 1.807) is 0 Å². The van der Waals surface area contributed by atoms with E-state index in [0.29, 0.717) is 12.1 Å². The van der Waals surface area contributed by atoms with Gasteiger partial charge in [-0.2, -0.15) is 0 Å². The van der Waals surface area contributed by atoms with E-state index in [1.807, 2.05) is 4.72 Å². The first kappa shape index (κ1) is 17.4. The Morgan fingerprint density at radius 3 is 2.38 bits per heavy atom. The summed E-state index contributed by atoms with van der Waals surface area (Å²) < 4.78 is 62.3. The molecule has 21 heavy (non-hydrogen) atoms. The van der Waals surface area contributed by atoms with Crippen LogP contribution in [0.2, 0.25) is 0 Å². The summed E-state index contributed by atoms with van der Waals surface area (Å²) in [6, 6.07) is 1.19. The quantitative estimate of drug-likeness (QED) is 0.710. The number of hydrogen-bond acceptors (Lipinski definition) is 5. The van der Waals surface area contributed by atoms with E-state index in [4.69, 9.17) is 14.6 Å². The van der Waals surface area contributed by atoms with Crippen molar-refractivity contribution in [3.8, 4) is 0 Å². The molecule has 0 aliphatic rings. The Morgan fingerprint density at radius 2 is 1.90 bits per heavy atom. The highest BCUT2D eigenvalue weighted by Gasteiger charge is 2.27. The summed E-state index contributed by atoms with van der Waals surface area (Å²) in [5, 5.41) is 8.70. The minimum atomic E-state index is -4.39. The van der Waals surface area contributed by atoms with Gasteiger partial charge in [0.25, 0.3) is 0 Å². The van der Waals surface area contributed by atoms with Crippen molar-refractivity contribution in [2.45, 2.75) is 11.2 Å². The van der Waals surface area contributed by atoms with Crippen molar-refractivity contribution in [3.05, 3.63) is 29.3 Å². The number of carboxylic acid groups (broad SMARTS) is 1. The molecule has 0 bridgehead atoms. The molecule has 1 rings (SSSR count). The van der Waals surface area contributed by atoms with Crippen molar-refractivity contribution in [3.63, 3.8) is 0 Å². The molecule has 1 aromatic rings. The zero-order chi connectivity index (χ0) is 16.2. The third-order valence-corrected chi connectivity index (χ3v) is 3.97. The number of benzene rings is 1. The van der Waals surface area contributed by atoms with Crippen LogP contribution in [0, 0.1) is 11.6 Å². The number of methoxy groups -OCH3 is 2. The number of ether oxygens (including phenoxy) is 2. The SMILES string of the molecule is COC(CNS(=O)(=O)c1ccc(F)c(C(=O)O)c1F)OC. The van der Waals surface area contributed by atoms with Crippen LogP contribution in [-0.2, 0) is 19.5 Å². The summed E-state index contributed by atoms with van der Waals surface area (Å²) in [6.07, 6.45) is -0.915. The van der Waals surface area contributed by atoms with Crippen LogP contribution < -0.4 is 4.72 Å². The average molecular weight is 325 g/mol. The first-order valence-corrected chi connectivity index (χ1v) is 6.99. The number of hydrogen-bond donors (Lipinski definition) is 2. The van der Waals surface area contributed by atoms with Gasteiger partial charge in [0.2, 0.25) is 10.0 Å². The lowest BCUT2D eigenvalue weighted by Crippen LogP contribution is -2.34. The van der Waals surface area contributed by atoms with Gasteiger partial charge < -0.3 is 14.6 Å². The second kappa shape index (κ2) is 6.89. The van der Waals surface area contributed by atoms with Crippen LogP contribution >= 0.6 is 0 Å². The van der Waals surface area contributed by atoms with Crippen molar-refractivity contribution in [2.24, 2.45) is 0 Å². The second-order valence-electron chi connectivity index (χ2n) is 3.79. The molecule has 118 valence electrons. The fraction of sp³-hybridized carbons (Fsp3) is 0.364. The first-order chi connectivity index (χ1) is 9.74. The fourth-order valence-electron chi connectivity index (χ4n) is 1.46. The van der Waals surface area contributed by atoms with E-state index in [-0.39, 0.29) is 6.54 Å². The van der Waals surface area contributed by atoms with Gasteiger partial charge in [-0.1, -0.05) is 0 Å². The largest absolute Gasteiger partial charge is 0.477 e. The molecular weight excluding hydrogens is 312 g/mol. The maximum Gasteiger partial charge on any atom is 0.341 e. The van der Waals surface area contributed by atoms with Crippen LogP contribution in [0.1, 0.15) is 10.4 Å². The summed E-state index contributed by atoms with van der Waals surface area (Å²) >= 11 is 0. The molecule has 1 aromatic carbocycles. The van der Waals surface area contributed by atoms with Gasteiger partial charge in [0.1, 0.15) is 16.3 Å². The molecule has 0 amide bonds. The standard InChI is InChI=1S/C11H13F2NO6S/c1-19-8(20-2)5-14-21(17,18)7-4-3-6(12)9(10(7)13)11(15)16/h3-4,8,14H,5H2,1-2H3,(H,15,16). The normalized spacial score (nSPS) is 11.9. The average Bonchev–Trinajstić information content (AvgIpc) is 2.39. The van der Waals surface area contributed by atoms with Crippen molar-refractivity contribution in [2.75, 3.05) is 20.8 Å². The molecule has 10 heteroatoms. The molecule has 2 N–H and O–H groups in total. The Bertz CT molecular complexity index is 630. The van der Waals surface area contributed by atoms with Gasteiger partial charge in [0.15, 0.2) is 12.1 Å². The number of halogens is 2. The number of sulfonamides is 1. The van der Waals surface area contributed by atoms with Crippen molar-refractivity contribution in [1.29, 1.82) is 0 Å². The monoisotopic (exact) mass is 325 g/mol. The van der Waals surface area contributed by atoms with Gasteiger partial charge in [-0.3, -0.25) is 0 Å². The van der Waals surface area contributed by atoms with E-state index < -0.39 is 44.4 Å². The number of rotatable bonds is 7. The number of nitrogens with one attached hydrogen (secondary N) is 1. The first-order valence-electron chi connectivity index (χ1n) is 5.51. The maximum atomic E-state index is 13.9. The van der Waals surface area contributed by atoms with Gasteiger partial charge in [-0.05, 0) is 12.1 Å². The second-order valence-corrected chi connectivity index (χ2v) is 5.53. The Hall–Kier alpha value is -1.62. The van der Waals surface area contributed by atoms with Gasteiger partial charge in [0, 0.05) is 14.2 Å². The third kappa shape index (κ3) is 3.94. The zero-order valence-corrected chi connectivity index (χ0v) is 11.9. The zero-order valence-electron chi connectivity index (χ0n) is 11.1. The molecule has 0 spiro atoms. The van der Waals surface area contributed by atoms with Crippen LogP contribution in [-0.4, -0.2) is 46.5 Å². The summed E-state index contributed by atoms with van der Waals surface area (Å²) in [7, 11) is -1.86.